The molecule has 132 valence electrons. The van der Waals surface area contributed by atoms with Crippen LogP contribution in [-0.2, 0) is 9.53 Å². The summed E-state index contributed by atoms with van der Waals surface area (Å²) in [5, 5.41) is 3.09. The first-order valence-electron chi connectivity index (χ1n) is 8.49. The van der Waals surface area contributed by atoms with Crippen LogP contribution in [0.2, 0.25) is 0 Å². The highest BCUT2D eigenvalue weighted by atomic mass is 16.6. The lowest BCUT2D eigenvalue weighted by molar-refractivity contribution is -0.122. The van der Waals surface area contributed by atoms with Crippen molar-refractivity contribution in [3.05, 3.63) is 29.8 Å². The van der Waals surface area contributed by atoms with Gasteiger partial charge in [0.15, 0.2) is 0 Å². The Hall–Kier alpha value is -2.24. The van der Waals surface area contributed by atoms with Gasteiger partial charge in [-0.2, -0.15) is 0 Å². The SMILES string of the molecule is CCCC[C@H](NC(=O)CCN1CCOC1=O)c1ccc(OC)cc1. The van der Waals surface area contributed by atoms with Gasteiger partial charge in [-0.3, -0.25) is 4.79 Å². The van der Waals surface area contributed by atoms with E-state index in [9.17, 15) is 9.59 Å². The van der Waals surface area contributed by atoms with E-state index >= 15 is 0 Å². The molecule has 1 N–H and O–H groups in total. The number of nitrogens with one attached hydrogen (secondary N) is 1. The van der Waals surface area contributed by atoms with Crippen LogP contribution in [0.3, 0.4) is 0 Å². The second kappa shape index (κ2) is 9.15. The minimum Gasteiger partial charge on any atom is -0.497 e. The van der Waals surface area contributed by atoms with E-state index < -0.39 is 0 Å². The Labute approximate surface area is 143 Å². The van der Waals surface area contributed by atoms with Crippen LogP contribution in [0.15, 0.2) is 24.3 Å². The highest BCUT2D eigenvalue weighted by molar-refractivity contribution is 5.77. The molecule has 1 atom stereocenters. The van der Waals surface area contributed by atoms with Crippen molar-refractivity contribution < 1.29 is 19.1 Å². The van der Waals surface area contributed by atoms with Crippen molar-refractivity contribution in [2.45, 2.75) is 38.6 Å². The molecule has 6 heteroatoms. The van der Waals surface area contributed by atoms with Crippen LogP contribution in [0.4, 0.5) is 4.79 Å². The molecule has 2 rings (SSSR count). The molecule has 24 heavy (non-hydrogen) atoms. The second-order valence-electron chi connectivity index (χ2n) is 5.89. The first-order chi connectivity index (χ1) is 11.6. The van der Waals surface area contributed by atoms with Crippen molar-refractivity contribution in [1.82, 2.24) is 10.2 Å². The van der Waals surface area contributed by atoms with Crippen LogP contribution in [0.1, 0.15) is 44.2 Å². The van der Waals surface area contributed by atoms with Gasteiger partial charge in [0.1, 0.15) is 12.4 Å². The molecule has 6 nitrogen and oxygen atoms in total. The summed E-state index contributed by atoms with van der Waals surface area (Å²) in [7, 11) is 1.63. The number of unbranched alkanes of at least 4 members (excludes halogenated alkanes) is 1. The normalized spacial score (nSPS) is 15.1. The molecule has 0 aromatic heterocycles. The first kappa shape index (κ1) is 18.1. The Bertz CT molecular complexity index is 544. The number of hydrogen-bond donors (Lipinski definition) is 1. The molecule has 1 aliphatic heterocycles. The molecule has 0 aliphatic carbocycles. The fourth-order valence-corrected chi connectivity index (χ4v) is 2.70. The van der Waals surface area contributed by atoms with Crippen LogP contribution < -0.4 is 10.1 Å². The molecule has 1 saturated heterocycles. The van der Waals surface area contributed by atoms with Gasteiger partial charge in [-0.15, -0.1) is 0 Å². The fourth-order valence-electron chi connectivity index (χ4n) is 2.70. The van der Waals surface area contributed by atoms with E-state index in [1.54, 1.807) is 12.0 Å². The van der Waals surface area contributed by atoms with E-state index in [2.05, 4.69) is 12.2 Å². The molecule has 2 amide bonds. The van der Waals surface area contributed by atoms with Crippen molar-refractivity contribution in [3.63, 3.8) is 0 Å². The predicted molar refractivity (Wildman–Crippen MR) is 90.9 cm³/mol. The maximum atomic E-state index is 12.3. The van der Waals surface area contributed by atoms with Crippen LogP contribution in [0.5, 0.6) is 5.75 Å². The summed E-state index contributed by atoms with van der Waals surface area (Å²) < 4.78 is 10.0. The highest BCUT2D eigenvalue weighted by Crippen LogP contribution is 2.22. The first-order valence-corrected chi connectivity index (χ1v) is 8.49. The number of ether oxygens (including phenoxy) is 2. The average molecular weight is 334 g/mol. The van der Waals surface area contributed by atoms with Crippen LogP contribution in [0.25, 0.3) is 0 Å². The molecule has 1 heterocycles. The summed E-state index contributed by atoms with van der Waals surface area (Å²) in [5.41, 5.74) is 1.07. The smallest absolute Gasteiger partial charge is 0.409 e. The van der Waals surface area contributed by atoms with E-state index in [0.717, 1.165) is 30.6 Å². The molecule has 1 aliphatic rings. The van der Waals surface area contributed by atoms with Gasteiger partial charge in [-0.1, -0.05) is 31.9 Å². The van der Waals surface area contributed by atoms with Gasteiger partial charge in [-0.05, 0) is 24.1 Å². The van der Waals surface area contributed by atoms with Crippen LogP contribution >= 0.6 is 0 Å². The quantitative estimate of drug-likeness (QED) is 0.754. The predicted octanol–water partition coefficient (Wildman–Crippen LogP) is 2.89. The summed E-state index contributed by atoms with van der Waals surface area (Å²) in [6.07, 6.45) is 2.95. The third-order valence-electron chi connectivity index (χ3n) is 4.15. The second-order valence-corrected chi connectivity index (χ2v) is 5.89. The summed E-state index contributed by atoms with van der Waals surface area (Å²) in [6.45, 7) is 3.49. The van der Waals surface area contributed by atoms with Crippen molar-refractivity contribution in [1.29, 1.82) is 0 Å². The Morgan fingerprint density at radius 3 is 2.71 bits per heavy atom. The van der Waals surface area contributed by atoms with E-state index in [1.165, 1.54) is 0 Å². The number of hydrogen-bond acceptors (Lipinski definition) is 4. The Morgan fingerprint density at radius 1 is 1.38 bits per heavy atom. The highest BCUT2D eigenvalue weighted by Gasteiger charge is 2.23. The summed E-state index contributed by atoms with van der Waals surface area (Å²) in [6, 6.07) is 7.75. The molecule has 0 unspecified atom stereocenters. The monoisotopic (exact) mass is 334 g/mol. The standard InChI is InChI=1S/C18H26N2O4/c1-3-4-5-16(14-6-8-15(23-2)9-7-14)19-17(21)10-11-20-12-13-24-18(20)22/h6-9,16H,3-5,10-13H2,1-2H3,(H,19,21)/t16-/m0/s1. The zero-order chi connectivity index (χ0) is 17.4. The van der Waals surface area contributed by atoms with Gasteiger partial charge in [0.2, 0.25) is 5.91 Å². The lowest BCUT2D eigenvalue weighted by Crippen LogP contribution is -2.33. The lowest BCUT2D eigenvalue weighted by atomic mass is 10.0. The molecule has 1 aromatic carbocycles. The Morgan fingerprint density at radius 2 is 2.12 bits per heavy atom. The van der Waals surface area contributed by atoms with E-state index in [1.807, 2.05) is 24.3 Å². The average Bonchev–Trinajstić information content (AvgIpc) is 3.02. The summed E-state index contributed by atoms with van der Waals surface area (Å²) in [5.74, 6) is 0.749. The molecule has 0 radical (unpaired) electrons. The zero-order valence-electron chi connectivity index (χ0n) is 14.4. The molecule has 0 saturated carbocycles. The number of carbonyl (C=O) groups excluding carboxylic acids is 2. The van der Waals surface area contributed by atoms with Crippen molar-refractivity contribution >= 4 is 12.0 Å². The molecular formula is C18H26N2O4. The summed E-state index contributed by atoms with van der Waals surface area (Å²) >= 11 is 0. The lowest BCUT2D eigenvalue weighted by Gasteiger charge is -2.20. The molecule has 0 spiro atoms. The maximum absolute atomic E-state index is 12.3. The van der Waals surface area contributed by atoms with E-state index in [-0.39, 0.29) is 24.5 Å². The molecule has 1 aromatic rings. The van der Waals surface area contributed by atoms with Gasteiger partial charge < -0.3 is 19.7 Å². The van der Waals surface area contributed by atoms with Crippen molar-refractivity contribution in [2.24, 2.45) is 0 Å². The minimum atomic E-state index is -0.333. The van der Waals surface area contributed by atoms with Gasteiger partial charge in [-0.25, -0.2) is 4.79 Å². The van der Waals surface area contributed by atoms with Gasteiger partial charge in [0.05, 0.1) is 19.7 Å². The van der Waals surface area contributed by atoms with Gasteiger partial charge in [0, 0.05) is 13.0 Å². The number of amides is 2. The third-order valence-corrected chi connectivity index (χ3v) is 4.15. The number of nitrogens with zero attached hydrogens (tertiary/aromatic N) is 1. The van der Waals surface area contributed by atoms with Crippen molar-refractivity contribution in [3.8, 4) is 5.75 Å². The number of cyclic esters (lactones) is 1. The van der Waals surface area contributed by atoms with Crippen molar-refractivity contribution in [2.75, 3.05) is 26.8 Å². The summed E-state index contributed by atoms with van der Waals surface area (Å²) in [4.78, 5) is 25.2. The Kier molecular flexibility index (Phi) is 6.90. The van der Waals surface area contributed by atoms with Crippen LogP contribution in [-0.4, -0.2) is 43.7 Å². The number of benzene rings is 1. The number of rotatable bonds is 9. The molecule has 1 fully saturated rings. The maximum Gasteiger partial charge on any atom is 0.409 e. The van der Waals surface area contributed by atoms with Crippen LogP contribution in [0, 0.1) is 0 Å². The third kappa shape index (κ3) is 5.15. The fraction of sp³-hybridized carbons (Fsp3) is 0.556. The Balaban J connectivity index is 1.91. The topological polar surface area (TPSA) is 67.9 Å². The largest absolute Gasteiger partial charge is 0.497 e. The van der Waals surface area contributed by atoms with Gasteiger partial charge >= 0.3 is 6.09 Å². The number of carbonyl (C=O) groups is 2. The number of methoxy groups -OCH3 is 1. The molecule has 0 bridgehead atoms. The van der Waals surface area contributed by atoms with E-state index in [0.29, 0.717) is 19.7 Å². The minimum absolute atomic E-state index is 0.0196. The van der Waals surface area contributed by atoms with Gasteiger partial charge in [0.25, 0.3) is 0 Å². The molecular weight excluding hydrogens is 308 g/mol. The van der Waals surface area contributed by atoms with E-state index in [4.69, 9.17) is 9.47 Å². The zero-order valence-corrected chi connectivity index (χ0v) is 14.4.